The Labute approximate surface area is 124 Å². The lowest BCUT2D eigenvalue weighted by Gasteiger charge is -2.37. The van der Waals surface area contributed by atoms with Gasteiger partial charge in [0.15, 0.2) is 0 Å². The number of nitrogens with two attached hydrogens (primary N) is 1. The number of carbonyl (C=O) groups is 1. The van der Waals surface area contributed by atoms with Crippen LogP contribution in [-0.4, -0.2) is 35.0 Å². The highest BCUT2D eigenvalue weighted by Gasteiger charge is 2.41. The first kappa shape index (κ1) is 14.1. The van der Waals surface area contributed by atoms with Gasteiger partial charge in [0, 0.05) is 25.6 Å². The molecule has 3 rings (SSSR count). The number of anilines is 2. The number of nitrogens with one attached hydrogen (secondary N) is 2. The number of hydrogen-bond acceptors (Lipinski definition) is 6. The lowest BCUT2D eigenvalue weighted by molar-refractivity contribution is -0.122. The van der Waals surface area contributed by atoms with E-state index in [0.29, 0.717) is 12.4 Å². The van der Waals surface area contributed by atoms with Crippen LogP contribution < -0.4 is 21.5 Å². The molecule has 3 heterocycles. The third kappa shape index (κ3) is 2.65. The summed E-state index contributed by atoms with van der Waals surface area (Å²) in [6.07, 6.45) is 3.77. The fourth-order valence-electron chi connectivity index (χ4n) is 3.28. The van der Waals surface area contributed by atoms with Gasteiger partial charge >= 0.3 is 0 Å². The van der Waals surface area contributed by atoms with Gasteiger partial charge in [-0.3, -0.25) is 4.79 Å². The molecule has 7 heteroatoms. The van der Waals surface area contributed by atoms with Gasteiger partial charge in [0.25, 0.3) is 0 Å². The van der Waals surface area contributed by atoms with E-state index in [2.05, 4.69) is 32.5 Å². The maximum absolute atomic E-state index is 11.9. The van der Waals surface area contributed by atoms with Crippen molar-refractivity contribution >= 4 is 17.5 Å². The number of nitrogen functional groups attached to an aromatic ring is 1. The molecule has 1 aromatic heterocycles. The average molecular weight is 290 g/mol. The number of carbonyl (C=O) groups excluding carboxylic acids is 1. The van der Waals surface area contributed by atoms with Gasteiger partial charge in [0.05, 0.1) is 12.0 Å². The van der Waals surface area contributed by atoms with E-state index in [1.54, 1.807) is 0 Å². The van der Waals surface area contributed by atoms with Crippen molar-refractivity contribution in [1.29, 1.82) is 0 Å². The molecule has 1 aromatic rings. The molecule has 114 valence electrons. The van der Waals surface area contributed by atoms with Gasteiger partial charge in [-0.15, -0.1) is 0 Å². The summed E-state index contributed by atoms with van der Waals surface area (Å²) in [5.41, 5.74) is 2.61. The van der Waals surface area contributed by atoms with Crippen LogP contribution in [-0.2, 0) is 11.2 Å². The van der Waals surface area contributed by atoms with Gasteiger partial charge < -0.3 is 15.6 Å². The van der Waals surface area contributed by atoms with Crippen LogP contribution in [0, 0.1) is 5.92 Å². The third-order valence-electron chi connectivity index (χ3n) is 4.28. The van der Waals surface area contributed by atoms with Gasteiger partial charge in [-0.25, -0.2) is 15.8 Å². The number of aryl methyl sites for hydroxylation is 1. The number of nitrogens with zero attached hydrogens (tertiary/aromatic N) is 3. The van der Waals surface area contributed by atoms with Crippen molar-refractivity contribution in [3.05, 3.63) is 11.9 Å². The smallest absolute Gasteiger partial charge is 0.225 e. The zero-order valence-electron chi connectivity index (χ0n) is 12.3. The molecular weight excluding hydrogens is 268 g/mol. The summed E-state index contributed by atoms with van der Waals surface area (Å²) in [6.45, 7) is 3.72. The first-order valence-corrected chi connectivity index (χ1v) is 7.62. The molecule has 2 aliphatic heterocycles. The Morgan fingerprint density at radius 1 is 1.52 bits per heavy atom. The lowest BCUT2D eigenvalue weighted by atomic mass is 9.91. The van der Waals surface area contributed by atoms with Crippen molar-refractivity contribution in [2.24, 2.45) is 11.8 Å². The van der Waals surface area contributed by atoms with Crippen LogP contribution in [0.5, 0.6) is 0 Å². The van der Waals surface area contributed by atoms with E-state index in [0.717, 1.165) is 43.9 Å². The molecule has 2 fully saturated rings. The van der Waals surface area contributed by atoms with Gasteiger partial charge in [0.1, 0.15) is 17.5 Å². The van der Waals surface area contributed by atoms with E-state index in [4.69, 9.17) is 5.84 Å². The van der Waals surface area contributed by atoms with Crippen LogP contribution in [0.2, 0.25) is 0 Å². The van der Waals surface area contributed by atoms with E-state index in [9.17, 15) is 4.79 Å². The Bertz CT molecular complexity index is 534. The highest BCUT2D eigenvalue weighted by atomic mass is 16.2. The van der Waals surface area contributed by atoms with Crippen LogP contribution in [0.1, 0.15) is 32.0 Å². The first-order valence-electron chi connectivity index (χ1n) is 7.62. The first-order chi connectivity index (χ1) is 10.2. The topological polar surface area (TPSA) is 96.2 Å². The Morgan fingerprint density at radius 2 is 2.38 bits per heavy atom. The molecule has 0 bridgehead atoms. The van der Waals surface area contributed by atoms with Crippen LogP contribution in [0.25, 0.3) is 0 Å². The monoisotopic (exact) mass is 290 g/mol. The quantitative estimate of drug-likeness (QED) is 0.550. The van der Waals surface area contributed by atoms with Crippen LogP contribution in [0.15, 0.2) is 6.07 Å². The predicted octanol–water partition coefficient (Wildman–Crippen LogP) is 0.430. The summed E-state index contributed by atoms with van der Waals surface area (Å²) < 4.78 is 0. The van der Waals surface area contributed by atoms with Crippen molar-refractivity contribution in [3.63, 3.8) is 0 Å². The van der Waals surface area contributed by atoms with Crippen molar-refractivity contribution in [2.45, 2.75) is 38.6 Å². The number of rotatable bonds is 4. The number of hydrogen-bond donors (Lipinski definition) is 3. The number of piperidine rings is 1. The summed E-state index contributed by atoms with van der Waals surface area (Å²) in [4.78, 5) is 23.1. The maximum atomic E-state index is 11.9. The normalized spacial score (nSPS) is 24.7. The van der Waals surface area contributed by atoms with E-state index in [1.807, 2.05) is 6.07 Å². The Morgan fingerprint density at radius 3 is 3.14 bits per heavy atom. The summed E-state index contributed by atoms with van der Waals surface area (Å²) in [5, 5.41) is 2.97. The van der Waals surface area contributed by atoms with Gasteiger partial charge in [-0.2, -0.15) is 0 Å². The van der Waals surface area contributed by atoms with Gasteiger partial charge in [0.2, 0.25) is 5.91 Å². The van der Waals surface area contributed by atoms with Crippen LogP contribution in [0.4, 0.5) is 11.6 Å². The predicted molar refractivity (Wildman–Crippen MR) is 80.7 cm³/mol. The fraction of sp³-hybridized carbons (Fsp3) is 0.643. The standard InChI is InChI=1S/C14H22N6O/c1-2-4-11-17-12(19-15)7-13(18-11)20-6-3-5-9-10(20)8-16-14(9)21/h7,9-10H,2-6,8,15H2,1H3,(H,16,21)(H,17,18,19). The molecule has 21 heavy (non-hydrogen) atoms. The molecule has 0 saturated carbocycles. The summed E-state index contributed by atoms with van der Waals surface area (Å²) in [6, 6.07) is 2.06. The summed E-state index contributed by atoms with van der Waals surface area (Å²) in [5.74, 6) is 8.06. The number of fused-ring (bicyclic) bond motifs is 1. The number of hydrazine groups is 1. The molecule has 0 radical (unpaired) electrons. The molecule has 2 unspecified atom stereocenters. The van der Waals surface area contributed by atoms with Crippen molar-refractivity contribution in [1.82, 2.24) is 15.3 Å². The zero-order chi connectivity index (χ0) is 14.8. The Kier molecular flexibility index (Phi) is 3.92. The number of amides is 1. The van der Waals surface area contributed by atoms with Gasteiger partial charge in [-0.1, -0.05) is 6.92 Å². The molecule has 7 nitrogen and oxygen atoms in total. The molecule has 2 saturated heterocycles. The van der Waals surface area contributed by atoms with E-state index >= 15 is 0 Å². The maximum Gasteiger partial charge on any atom is 0.225 e. The van der Waals surface area contributed by atoms with Gasteiger partial charge in [-0.05, 0) is 19.3 Å². The minimum Gasteiger partial charge on any atom is -0.354 e. The van der Waals surface area contributed by atoms with Crippen LogP contribution >= 0.6 is 0 Å². The summed E-state index contributed by atoms with van der Waals surface area (Å²) in [7, 11) is 0. The van der Waals surface area contributed by atoms with Crippen molar-refractivity contribution in [2.75, 3.05) is 23.4 Å². The molecule has 0 spiro atoms. The molecule has 2 aliphatic rings. The van der Waals surface area contributed by atoms with E-state index in [-0.39, 0.29) is 17.9 Å². The fourth-order valence-corrected chi connectivity index (χ4v) is 3.28. The third-order valence-corrected chi connectivity index (χ3v) is 4.28. The Hall–Kier alpha value is -1.89. The van der Waals surface area contributed by atoms with Crippen molar-refractivity contribution in [3.8, 4) is 0 Å². The minimum absolute atomic E-state index is 0.0811. The second kappa shape index (κ2) is 5.85. The lowest BCUT2D eigenvalue weighted by Crippen LogP contribution is -2.46. The second-order valence-electron chi connectivity index (χ2n) is 5.68. The molecule has 0 aliphatic carbocycles. The zero-order valence-corrected chi connectivity index (χ0v) is 12.3. The second-order valence-corrected chi connectivity index (χ2v) is 5.68. The molecule has 1 amide bonds. The average Bonchev–Trinajstić information content (AvgIpc) is 2.89. The highest BCUT2D eigenvalue weighted by molar-refractivity contribution is 5.83. The van der Waals surface area contributed by atoms with E-state index < -0.39 is 0 Å². The molecule has 4 N–H and O–H groups in total. The SMILES string of the molecule is CCCc1nc(NN)cc(N2CCCC3C(=O)NCC32)n1. The van der Waals surface area contributed by atoms with E-state index in [1.165, 1.54) is 0 Å². The van der Waals surface area contributed by atoms with Crippen LogP contribution in [0.3, 0.4) is 0 Å². The van der Waals surface area contributed by atoms with Crippen molar-refractivity contribution < 1.29 is 4.79 Å². The highest BCUT2D eigenvalue weighted by Crippen LogP contribution is 2.31. The molecule has 2 atom stereocenters. The molecular formula is C14H22N6O. The Balaban J connectivity index is 1.91. The minimum atomic E-state index is 0.0811. The molecule has 0 aromatic carbocycles. The summed E-state index contributed by atoms with van der Waals surface area (Å²) >= 11 is 0. The largest absolute Gasteiger partial charge is 0.354 e. The number of aromatic nitrogens is 2.